The smallest absolute Gasteiger partial charge is 0.497 e. The predicted molar refractivity (Wildman–Crippen MR) is 256 cm³/mol. The molecule has 0 saturated heterocycles. The van der Waals surface area contributed by atoms with Crippen molar-refractivity contribution in [2.45, 2.75) is 0 Å². The summed E-state index contributed by atoms with van der Waals surface area (Å²) in [6.07, 6.45) is 0. The number of fused-ring (bicyclic) bond motifs is 4. The molecule has 0 N–H and O–H groups in total. The van der Waals surface area contributed by atoms with Gasteiger partial charge in [0.2, 0.25) is 5.78 Å². The van der Waals surface area contributed by atoms with Crippen LogP contribution in [0.25, 0.3) is 43.1 Å². The molecular formula is C54H38O8P2. The van der Waals surface area contributed by atoms with Gasteiger partial charge in [-0.15, -0.1) is 0 Å². The average Bonchev–Trinajstić information content (AvgIpc) is 3.33. The molecule has 10 heteroatoms. The SMILES string of the molecule is COc1ccc(C(=O)c2ccccc2OP(Oc2ccc3ccccc3c2)Oc2ccc3ccccc3c2)c(OP(Oc2ccc3ccccc3c2)Oc2ccc3ccccc3c2)c1. The van der Waals surface area contributed by atoms with Crippen LogP contribution in [0.4, 0.5) is 0 Å². The Morgan fingerprint density at radius 2 is 0.641 bits per heavy atom. The van der Waals surface area contributed by atoms with Gasteiger partial charge in [-0.25, -0.2) is 0 Å². The van der Waals surface area contributed by atoms with E-state index in [-0.39, 0.29) is 28.4 Å². The molecule has 0 radical (unpaired) electrons. The van der Waals surface area contributed by atoms with E-state index in [1.165, 1.54) is 0 Å². The maximum Gasteiger partial charge on any atom is 0.530 e. The van der Waals surface area contributed by atoms with Crippen molar-refractivity contribution in [2.24, 2.45) is 0 Å². The van der Waals surface area contributed by atoms with Crippen LogP contribution in [0.2, 0.25) is 0 Å². The van der Waals surface area contributed by atoms with E-state index in [0.717, 1.165) is 43.1 Å². The van der Waals surface area contributed by atoms with Gasteiger partial charge >= 0.3 is 17.2 Å². The summed E-state index contributed by atoms with van der Waals surface area (Å²) in [4.78, 5) is 14.9. The normalized spacial score (nSPS) is 11.2. The Balaban J connectivity index is 0.985. The van der Waals surface area contributed by atoms with Crippen LogP contribution < -0.4 is 31.9 Å². The quantitative estimate of drug-likeness (QED) is 0.0744. The Morgan fingerprint density at radius 3 is 1.05 bits per heavy atom. The zero-order chi connectivity index (χ0) is 43.2. The van der Waals surface area contributed by atoms with Gasteiger partial charge in [0.1, 0.15) is 40.2 Å². The van der Waals surface area contributed by atoms with E-state index in [9.17, 15) is 4.79 Å². The topological polar surface area (TPSA) is 81.7 Å². The number of hydrogen-bond donors (Lipinski definition) is 0. The number of ether oxygens (including phenoxy) is 1. The summed E-state index contributed by atoms with van der Waals surface area (Å²) < 4.78 is 44.9. The summed E-state index contributed by atoms with van der Waals surface area (Å²) in [7, 11) is -2.82. The fraction of sp³-hybridized carbons (Fsp3) is 0.0185. The third-order valence-electron chi connectivity index (χ3n) is 10.5. The van der Waals surface area contributed by atoms with E-state index in [2.05, 4.69) is 0 Å². The van der Waals surface area contributed by atoms with Crippen LogP contribution >= 0.6 is 17.2 Å². The molecule has 312 valence electrons. The molecule has 0 saturated carbocycles. The monoisotopic (exact) mass is 876 g/mol. The van der Waals surface area contributed by atoms with Crippen LogP contribution in [0, 0.1) is 0 Å². The third kappa shape index (κ3) is 9.11. The second kappa shape index (κ2) is 18.4. The summed E-state index contributed by atoms with van der Waals surface area (Å²) >= 11 is 0. The summed E-state index contributed by atoms with van der Waals surface area (Å²) in [5.41, 5.74) is 0.480. The van der Waals surface area contributed by atoms with E-state index in [1.807, 2.05) is 170 Å². The van der Waals surface area contributed by atoms with E-state index in [4.69, 9.17) is 31.9 Å². The molecule has 0 aliphatic rings. The Kier molecular flexibility index (Phi) is 11.6. The van der Waals surface area contributed by atoms with Crippen molar-refractivity contribution in [1.29, 1.82) is 0 Å². The van der Waals surface area contributed by atoms with Crippen molar-refractivity contribution < 1.29 is 36.7 Å². The zero-order valence-electron chi connectivity index (χ0n) is 34.4. The van der Waals surface area contributed by atoms with Crippen LogP contribution in [-0.4, -0.2) is 12.9 Å². The highest BCUT2D eigenvalue weighted by molar-refractivity contribution is 7.43. The number of methoxy groups -OCH3 is 1. The van der Waals surface area contributed by atoms with E-state index >= 15 is 0 Å². The van der Waals surface area contributed by atoms with Crippen LogP contribution in [0.1, 0.15) is 15.9 Å². The van der Waals surface area contributed by atoms with E-state index < -0.39 is 17.2 Å². The zero-order valence-corrected chi connectivity index (χ0v) is 36.2. The van der Waals surface area contributed by atoms with Crippen molar-refractivity contribution in [2.75, 3.05) is 7.11 Å². The molecule has 0 aromatic heterocycles. The maximum atomic E-state index is 14.9. The first-order valence-electron chi connectivity index (χ1n) is 20.5. The van der Waals surface area contributed by atoms with Gasteiger partial charge in [0.15, 0.2) is 0 Å². The predicted octanol–water partition coefficient (Wildman–Crippen LogP) is 15.1. The first-order chi connectivity index (χ1) is 31.5. The van der Waals surface area contributed by atoms with Gasteiger partial charge < -0.3 is 31.9 Å². The lowest BCUT2D eigenvalue weighted by atomic mass is 10.0. The number of ketones is 1. The van der Waals surface area contributed by atoms with E-state index in [0.29, 0.717) is 28.7 Å². The fourth-order valence-electron chi connectivity index (χ4n) is 7.29. The molecule has 0 bridgehead atoms. The summed E-state index contributed by atoms with van der Waals surface area (Å²) in [6, 6.07) is 67.2. The number of carbonyl (C=O) groups is 1. The lowest BCUT2D eigenvalue weighted by molar-refractivity contribution is 0.103. The molecule has 0 fully saturated rings. The largest absolute Gasteiger partial charge is 0.530 e. The number of carbonyl (C=O) groups excluding carboxylic acids is 1. The minimum absolute atomic E-state index is 0.189. The highest BCUT2D eigenvalue weighted by atomic mass is 31.2. The van der Waals surface area contributed by atoms with Gasteiger partial charge in [-0.05, 0) is 116 Å². The molecule has 0 unspecified atom stereocenters. The van der Waals surface area contributed by atoms with Gasteiger partial charge in [-0.3, -0.25) is 4.79 Å². The van der Waals surface area contributed by atoms with Crippen LogP contribution in [-0.2, 0) is 0 Å². The van der Waals surface area contributed by atoms with E-state index in [1.54, 1.807) is 49.6 Å². The standard InChI is InChI=1S/C54H38O8P2/c1-56-45-30-31-51(53(36-45)62-64(59-48-28-24-39-14-4-8-18-43(39)34-48)60-49-29-25-40-15-5-9-19-44(40)35-49)54(55)50-20-10-11-21-52(50)61-63(57-46-26-22-37-12-2-6-16-41(37)32-46)58-47-27-23-38-13-3-7-17-42(38)33-47/h2-36H,1H3. The molecule has 8 nitrogen and oxygen atoms in total. The summed E-state index contributed by atoms with van der Waals surface area (Å²) in [5, 5.41) is 8.23. The first kappa shape index (κ1) is 40.4. The van der Waals surface area contributed by atoms with Crippen LogP contribution in [0.15, 0.2) is 212 Å². The molecule has 10 aromatic carbocycles. The molecule has 0 amide bonds. The molecule has 10 aromatic rings. The highest BCUT2D eigenvalue weighted by Gasteiger charge is 2.28. The first-order valence-corrected chi connectivity index (χ1v) is 22.7. The van der Waals surface area contributed by atoms with Gasteiger partial charge in [0.05, 0.1) is 18.2 Å². The van der Waals surface area contributed by atoms with Crippen molar-refractivity contribution in [1.82, 2.24) is 0 Å². The molecule has 0 aliphatic carbocycles. The van der Waals surface area contributed by atoms with Gasteiger partial charge in [0, 0.05) is 6.07 Å². The second-order valence-electron chi connectivity index (χ2n) is 14.7. The van der Waals surface area contributed by atoms with Crippen molar-refractivity contribution in [3.05, 3.63) is 223 Å². The van der Waals surface area contributed by atoms with Gasteiger partial charge in [-0.1, -0.05) is 133 Å². The van der Waals surface area contributed by atoms with Crippen LogP contribution in [0.5, 0.6) is 40.2 Å². The molecule has 0 spiro atoms. The maximum absolute atomic E-state index is 14.9. The molecule has 10 rings (SSSR count). The summed E-state index contributed by atoms with van der Waals surface area (Å²) in [5.74, 6) is 2.69. The number of para-hydroxylation sites is 1. The average molecular weight is 877 g/mol. The van der Waals surface area contributed by atoms with Crippen molar-refractivity contribution in [3.8, 4) is 40.2 Å². The van der Waals surface area contributed by atoms with Gasteiger partial charge in [-0.2, -0.15) is 0 Å². The lowest BCUT2D eigenvalue weighted by Crippen LogP contribution is -2.10. The minimum atomic E-state index is -2.21. The Morgan fingerprint density at radius 1 is 0.312 bits per heavy atom. The van der Waals surface area contributed by atoms with Crippen molar-refractivity contribution in [3.63, 3.8) is 0 Å². The van der Waals surface area contributed by atoms with Gasteiger partial charge in [0.25, 0.3) is 0 Å². The Hall–Kier alpha value is -7.63. The number of rotatable bonds is 15. The lowest BCUT2D eigenvalue weighted by Gasteiger charge is -2.21. The minimum Gasteiger partial charge on any atom is -0.497 e. The Labute approximate surface area is 372 Å². The summed E-state index contributed by atoms with van der Waals surface area (Å²) in [6.45, 7) is 0. The second-order valence-corrected chi connectivity index (χ2v) is 16.7. The van der Waals surface area contributed by atoms with Crippen LogP contribution in [0.3, 0.4) is 0 Å². The number of benzene rings is 10. The third-order valence-corrected chi connectivity index (χ3v) is 12.6. The molecule has 0 aliphatic heterocycles. The molecule has 0 atom stereocenters. The highest BCUT2D eigenvalue weighted by Crippen LogP contribution is 2.47. The number of hydrogen-bond acceptors (Lipinski definition) is 8. The molecule has 0 heterocycles. The van der Waals surface area contributed by atoms with Crippen molar-refractivity contribution >= 4 is 66.1 Å². The fourth-order valence-corrected chi connectivity index (χ4v) is 9.28. The molecular weight excluding hydrogens is 839 g/mol. The Bertz CT molecular complexity index is 3140. The molecule has 64 heavy (non-hydrogen) atoms.